The molecule has 0 saturated heterocycles. The predicted octanol–water partition coefficient (Wildman–Crippen LogP) is 0.402. The zero-order chi connectivity index (χ0) is 26.9. The maximum atomic E-state index is 13.4. The monoisotopic (exact) mass is 508 g/mol. The number of rotatable bonds is 12. The summed E-state index contributed by atoms with van der Waals surface area (Å²) in [4.78, 5) is 26.7. The Morgan fingerprint density at radius 2 is 1.14 bits per heavy atom. The maximum Gasteiger partial charge on any atom is 0.324 e. The Morgan fingerprint density at radius 1 is 0.703 bits per heavy atom. The van der Waals surface area contributed by atoms with Crippen LogP contribution in [0.5, 0.6) is 0 Å². The molecule has 0 aliphatic heterocycles. The molecule has 196 valence electrons. The summed E-state index contributed by atoms with van der Waals surface area (Å²) in [5, 5.41) is 40.2. The summed E-state index contributed by atoms with van der Waals surface area (Å²) in [5.41, 5.74) is 13.5. The van der Waals surface area contributed by atoms with Crippen LogP contribution in [-0.4, -0.2) is 69.2 Å². The Hall–Kier alpha value is -3.44. The summed E-state index contributed by atoms with van der Waals surface area (Å²) in [6.45, 7) is -0.687. The van der Waals surface area contributed by atoms with Crippen LogP contribution < -0.4 is 11.5 Å². The Labute approximate surface area is 214 Å². The number of nitrogens with two attached hydrogens (primary N) is 2. The number of ketones is 1. The summed E-state index contributed by atoms with van der Waals surface area (Å²) >= 11 is 0. The SMILES string of the molecule is N[C@H](C(=O)OC(c1ccccc1)c1ccccc1)C(C(=O)[C@@H](O)[C@H](O)[C@H](O)[C@H](N)CO)c1ccccc1. The first-order valence-corrected chi connectivity index (χ1v) is 11.8. The van der Waals surface area contributed by atoms with Crippen LogP contribution in [0.1, 0.15) is 28.7 Å². The van der Waals surface area contributed by atoms with Crippen molar-refractivity contribution in [3.8, 4) is 0 Å². The number of carbonyl (C=O) groups excluding carboxylic acids is 2. The number of hydrogen-bond donors (Lipinski definition) is 6. The molecule has 0 saturated carbocycles. The highest BCUT2D eigenvalue weighted by molar-refractivity contribution is 5.95. The minimum Gasteiger partial charge on any atom is -0.451 e. The fraction of sp³-hybridized carbons (Fsp3) is 0.286. The van der Waals surface area contributed by atoms with E-state index in [-0.39, 0.29) is 0 Å². The van der Waals surface area contributed by atoms with Crippen molar-refractivity contribution in [3.63, 3.8) is 0 Å². The smallest absolute Gasteiger partial charge is 0.324 e. The van der Waals surface area contributed by atoms with Gasteiger partial charge in [0.1, 0.15) is 24.4 Å². The molecule has 0 aromatic heterocycles. The van der Waals surface area contributed by atoms with Crippen molar-refractivity contribution in [1.82, 2.24) is 0 Å². The summed E-state index contributed by atoms with van der Waals surface area (Å²) in [6.07, 6.45) is -6.78. The highest BCUT2D eigenvalue weighted by Gasteiger charge is 2.42. The second-order valence-corrected chi connectivity index (χ2v) is 8.73. The first kappa shape index (κ1) is 28.1. The molecule has 0 aliphatic carbocycles. The van der Waals surface area contributed by atoms with Gasteiger partial charge in [-0.05, 0) is 16.7 Å². The highest BCUT2D eigenvalue weighted by Crippen LogP contribution is 2.29. The molecule has 3 rings (SSSR count). The van der Waals surface area contributed by atoms with Gasteiger partial charge in [-0.25, -0.2) is 0 Å². The highest BCUT2D eigenvalue weighted by atomic mass is 16.5. The fourth-order valence-corrected chi connectivity index (χ4v) is 4.02. The summed E-state index contributed by atoms with van der Waals surface area (Å²) < 4.78 is 5.82. The van der Waals surface area contributed by atoms with Crippen LogP contribution in [0.25, 0.3) is 0 Å². The largest absolute Gasteiger partial charge is 0.451 e. The molecule has 37 heavy (non-hydrogen) atoms. The van der Waals surface area contributed by atoms with Gasteiger partial charge in [0, 0.05) is 0 Å². The van der Waals surface area contributed by atoms with Gasteiger partial charge >= 0.3 is 5.97 Å². The average Bonchev–Trinajstić information content (AvgIpc) is 2.95. The van der Waals surface area contributed by atoms with Gasteiger partial charge in [0.15, 0.2) is 11.9 Å². The minimum atomic E-state index is -2.14. The van der Waals surface area contributed by atoms with Gasteiger partial charge < -0.3 is 36.6 Å². The number of Topliss-reactive ketones (excluding diaryl/α,β-unsaturated/α-hetero) is 1. The molecule has 0 bridgehead atoms. The Balaban J connectivity index is 1.91. The summed E-state index contributed by atoms with van der Waals surface area (Å²) in [6, 6.07) is 23.2. The molecule has 9 nitrogen and oxygen atoms in total. The van der Waals surface area contributed by atoms with E-state index < -0.39 is 60.8 Å². The van der Waals surface area contributed by atoms with Crippen molar-refractivity contribution < 1.29 is 34.8 Å². The van der Waals surface area contributed by atoms with E-state index in [1.807, 2.05) is 12.1 Å². The van der Waals surface area contributed by atoms with E-state index in [9.17, 15) is 24.9 Å². The van der Waals surface area contributed by atoms with Crippen molar-refractivity contribution in [3.05, 3.63) is 108 Å². The fourth-order valence-electron chi connectivity index (χ4n) is 4.02. The van der Waals surface area contributed by atoms with E-state index in [1.165, 1.54) is 0 Å². The van der Waals surface area contributed by atoms with Crippen LogP contribution in [0.2, 0.25) is 0 Å². The Bertz CT molecular complexity index is 1090. The Morgan fingerprint density at radius 3 is 1.57 bits per heavy atom. The molecule has 3 aromatic carbocycles. The number of esters is 1. The third-order valence-corrected chi connectivity index (χ3v) is 6.15. The van der Waals surface area contributed by atoms with Gasteiger partial charge in [-0.2, -0.15) is 0 Å². The number of hydrogen-bond acceptors (Lipinski definition) is 9. The molecule has 6 atom stereocenters. The van der Waals surface area contributed by atoms with Crippen LogP contribution in [0, 0.1) is 0 Å². The first-order chi connectivity index (χ1) is 17.8. The molecule has 0 fully saturated rings. The third kappa shape index (κ3) is 6.86. The van der Waals surface area contributed by atoms with E-state index in [0.29, 0.717) is 16.7 Å². The van der Waals surface area contributed by atoms with Gasteiger partial charge in [0.2, 0.25) is 0 Å². The number of carbonyl (C=O) groups is 2. The third-order valence-electron chi connectivity index (χ3n) is 6.15. The lowest BCUT2D eigenvalue weighted by Gasteiger charge is -2.30. The maximum absolute atomic E-state index is 13.4. The zero-order valence-electron chi connectivity index (χ0n) is 20.1. The molecule has 0 heterocycles. The number of aliphatic hydroxyl groups excluding tert-OH is 4. The van der Waals surface area contributed by atoms with Crippen molar-refractivity contribution in [2.75, 3.05) is 6.61 Å². The van der Waals surface area contributed by atoms with Crippen LogP contribution in [-0.2, 0) is 14.3 Å². The van der Waals surface area contributed by atoms with Gasteiger partial charge in [0.05, 0.1) is 18.6 Å². The quantitative estimate of drug-likeness (QED) is 0.189. The molecular formula is C28H32N2O7. The van der Waals surface area contributed by atoms with Crippen LogP contribution in [0.15, 0.2) is 91.0 Å². The second-order valence-electron chi connectivity index (χ2n) is 8.73. The first-order valence-electron chi connectivity index (χ1n) is 11.8. The molecule has 3 aromatic rings. The number of benzene rings is 3. The standard InChI is InChI=1S/C28H32N2O7/c29-20(16-31)23(32)25(34)26(35)24(33)21(17-10-4-1-5-11-17)22(30)28(36)37-27(18-12-6-2-7-13-18)19-14-8-3-9-15-19/h1-15,20-23,25-27,31-32,34-35H,16,29-30H2/t20-,21?,22+,23-,25-,26-/m1/s1. The van der Waals surface area contributed by atoms with Crippen molar-refractivity contribution in [2.24, 2.45) is 11.5 Å². The van der Waals surface area contributed by atoms with Gasteiger partial charge in [0.25, 0.3) is 0 Å². The van der Waals surface area contributed by atoms with E-state index in [4.69, 9.17) is 21.3 Å². The zero-order valence-corrected chi connectivity index (χ0v) is 20.1. The van der Waals surface area contributed by atoms with Gasteiger partial charge in [-0.15, -0.1) is 0 Å². The van der Waals surface area contributed by atoms with E-state index >= 15 is 0 Å². The Kier molecular flexibility index (Phi) is 10.0. The lowest BCUT2D eigenvalue weighted by Crippen LogP contribution is -2.54. The lowest BCUT2D eigenvalue weighted by molar-refractivity contribution is -0.153. The predicted molar refractivity (Wildman–Crippen MR) is 136 cm³/mol. The average molecular weight is 509 g/mol. The van der Waals surface area contributed by atoms with Gasteiger partial charge in [-0.3, -0.25) is 9.59 Å². The molecule has 1 unspecified atom stereocenters. The van der Waals surface area contributed by atoms with E-state index in [1.54, 1.807) is 78.9 Å². The van der Waals surface area contributed by atoms with E-state index in [2.05, 4.69) is 0 Å². The van der Waals surface area contributed by atoms with E-state index in [0.717, 1.165) is 0 Å². The molecule has 8 N–H and O–H groups in total. The molecule has 0 aliphatic rings. The minimum absolute atomic E-state index is 0.306. The van der Waals surface area contributed by atoms with Crippen LogP contribution in [0.3, 0.4) is 0 Å². The van der Waals surface area contributed by atoms with Gasteiger partial charge in [-0.1, -0.05) is 91.0 Å². The second kappa shape index (κ2) is 13.2. The number of aliphatic hydroxyl groups is 4. The molecule has 0 radical (unpaired) electrons. The topological polar surface area (TPSA) is 176 Å². The molecule has 0 spiro atoms. The van der Waals surface area contributed by atoms with Crippen LogP contribution >= 0.6 is 0 Å². The molecular weight excluding hydrogens is 476 g/mol. The summed E-state index contributed by atoms with van der Waals surface area (Å²) in [5.74, 6) is -3.33. The number of ether oxygens (including phenoxy) is 1. The summed E-state index contributed by atoms with van der Waals surface area (Å²) in [7, 11) is 0. The normalized spacial score (nSPS) is 16.3. The molecule has 0 amide bonds. The van der Waals surface area contributed by atoms with Crippen molar-refractivity contribution in [2.45, 2.75) is 42.4 Å². The van der Waals surface area contributed by atoms with Crippen LogP contribution in [0.4, 0.5) is 0 Å². The molecule has 9 heteroatoms. The van der Waals surface area contributed by atoms with Crippen molar-refractivity contribution >= 4 is 11.8 Å². The van der Waals surface area contributed by atoms with Crippen molar-refractivity contribution in [1.29, 1.82) is 0 Å². The lowest BCUT2D eigenvalue weighted by atomic mass is 9.83.